The number of carboxylic acid groups (broad SMARTS) is 1. The van der Waals surface area contributed by atoms with Crippen LogP contribution in [-0.4, -0.2) is 46.2 Å². The molecule has 1 N–H and O–H groups in total. The summed E-state index contributed by atoms with van der Waals surface area (Å²) in [6, 6.07) is 0. The minimum absolute atomic E-state index is 0.0886. The largest absolute Gasteiger partial charge is 0.492 e. The lowest BCUT2D eigenvalue weighted by Crippen LogP contribution is -2.10. The number of rotatable bonds is 6. The lowest BCUT2D eigenvalue weighted by Gasteiger charge is -2.11. The Bertz CT molecular complexity index is 636. The summed E-state index contributed by atoms with van der Waals surface area (Å²) in [6.45, 7) is 4.89. The second-order valence-electron chi connectivity index (χ2n) is 4.24. The van der Waals surface area contributed by atoms with Crippen molar-refractivity contribution < 1.29 is 19.4 Å². The van der Waals surface area contributed by atoms with Gasteiger partial charge in [0.15, 0.2) is 5.65 Å². The number of pyridine rings is 1. The van der Waals surface area contributed by atoms with Crippen molar-refractivity contribution in [3.8, 4) is 5.75 Å². The molecule has 0 aliphatic rings. The van der Waals surface area contributed by atoms with Crippen LogP contribution in [0.1, 0.15) is 23.0 Å². The van der Waals surface area contributed by atoms with Gasteiger partial charge in [-0.05, 0) is 13.8 Å². The lowest BCUT2D eigenvalue weighted by molar-refractivity contribution is 0.0691. The molecule has 2 rings (SSSR count). The highest BCUT2D eigenvalue weighted by Crippen LogP contribution is 2.30. The van der Waals surface area contributed by atoms with E-state index in [2.05, 4.69) is 10.1 Å². The molecule has 0 unspecified atom stereocenters. The fourth-order valence-corrected chi connectivity index (χ4v) is 2.06. The Morgan fingerprint density at radius 2 is 2.25 bits per heavy atom. The Morgan fingerprint density at radius 3 is 2.85 bits per heavy atom. The van der Waals surface area contributed by atoms with Crippen molar-refractivity contribution >= 4 is 17.0 Å². The van der Waals surface area contributed by atoms with Crippen molar-refractivity contribution in [2.45, 2.75) is 20.4 Å². The Balaban J connectivity index is 2.64. The van der Waals surface area contributed by atoms with Gasteiger partial charge in [0, 0.05) is 7.11 Å². The van der Waals surface area contributed by atoms with Crippen molar-refractivity contribution in [2.75, 3.05) is 20.3 Å². The van der Waals surface area contributed by atoms with Crippen LogP contribution in [0.25, 0.3) is 11.0 Å². The summed E-state index contributed by atoms with van der Waals surface area (Å²) in [4.78, 5) is 15.7. The van der Waals surface area contributed by atoms with Crippen molar-refractivity contribution in [1.29, 1.82) is 0 Å². The molecule has 20 heavy (non-hydrogen) atoms. The molecule has 0 amide bonds. The standard InChI is InChI=1S/C13H17N3O4/c1-4-20-11-9-7-14-16(5-6-19-3)12(9)15-8(2)10(11)13(17)18/h7H,4-6H2,1-3H3,(H,17,18). The van der Waals surface area contributed by atoms with Gasteiger partial charge in [0.2, 0.25) is 0 Å². The van der Waals surface area contributed by atoms with Crippen molar-refractivity contribution in [1.82, 2.24) is 14.8 Å². The van der Waals surface area contributed by atoms with Crippen LogP contribution in [0.4, 0.5) is 0 Å². The van der Waals surface area contributed by atoms with Crippen LogP contribution >= 0.6 is 0 Å². The summed E-state index contributed by atoms with van der Waals surface area (Å²) in [7, 11) is 1.61. The maximum Gasteiger partial charge on any atom is 0.341 e. The third-order valence-corrected chi connectivity index (χ3v) is 2.93. The molecule has 2 heterocycles. The molecular weight excluding hydrogens is 262 g/mol. The first-order chi connectivity index (χ1) is 9.60. The second-order valence-corrected chi connectivity index (χ2v) is 4.24. The number of hydrogen-bond acceptors (Lipinski definition) is 5. The van der Waals surface area contributed by atoms with E-state index in [0.717, 1.165) is 0 Å². The smallest absolute Gasteiger partial charge is 0.341 e. The number of carbonyl (C=O) groups is 1. The normalized spacial score (nSPS) is 10.9. The molecule has 0 bridgehead atoms. The highest BCUT2D eigenvalue weighted by molar-refractivity contribution is 5.99. The van der Waals surface area contributed by atoms with E-state index in [1.165, 1.54) is 0 Å². The number of ether oxygens (including phenoxy) is 2. The number of nitrogens with zero attached hydrogens (tertiary/aromatic N) is 3. The van der Waals surface area contributed by atoms with Gasteiger partial charge in [0.05, 0.1) is 37.0 Å². The van der Waals surface area contributed by atoms with Gasteiger partial charge in [-0.15, -0.1) is 0 Å². The maximum absolute atomic E-state index is 11.4. The zero-order valence-corrected chi connectivity index (χ0v) is 11.7. The third-order valence-electron chi connectivity index (χ3n) is 2.93. The molecule has 108 valence electrons. The summed E-state index contributed by atoms with van der Waals surface area (Å²) < 4.78 is 12.2. The molecule has 0 aliphatic heterocycles. The SMILES string of the molecule is CCOc1c(C(=O)O)c(C)nc2c1cnn2CCOC. The summed E-state index contributed by atoms with van der Waals surface area (Å²) in [5.41, 5.74) is 1.10. The fourth-order valence-electron chi connectivity index (χ4n) is 2.06. The van der Waals surface area contributed by atoms with Gasteiger partial charge < -0.3 is 14.6 Å². The van der Waals surface area contributed by atoms with E-state index < -0.39 is 5.97 Å². The number of fused-ring (bicyclic) bond motifs is 1. The Morgan fingerprint density at radius 1 is 1.50 bits per heavy atom. The number of aryl methyl sites for hydroxylation is 1. The Kier molecular flexibility index (Phi) is 4.19. The molecule has 0 saturated heterocycles. The molecule has 0 radical (unpaired) electrons. The van der Waals surface area contributed by atoms with Gasteiger partial charge in [-0.3, -0.25) is 0 Å². The van der Waals surface area contributed by atoms with Gasteiger partial charge in [-0.2, -0.15) is 5.10 Å². The van der Waals surface area contributed by atoms with E-state index in [-0.39, 0.29) is 5.56 Å². The first kappa shape index (κ1) is 14.3. The topological polar surface area (TPSA) is 86.5 Å². The van der Waals surface area contributed by atoms with E-state index in [4.69, 9.17) is 9.47 Å². The highest BCUT2D eigenvalue weighted by atomic mass is 16.5. The van der Waals surface area contributed by atoms with Crippen LogP contribution in [0.15, 0.2) is 6.20 Å². The molecule has 0 aliphatic carbocycles. The zero-order chi connectivity index (χ0) is 14.7. The van der Waals surface area contributed by atoms with Gasteiger partial charge in [-0.1, -0.05) is 0 Å². The minimum Gasteiger partial charge on any atom is -0.492 e. The summed E-state index contributed by atoms with van der Waals surface area (Å²) >= 11 is 0. The van der Waals surface area contributed by atoms with Gasteiger partial charge in [0.25, 0.3) is 0 Å². The van der Waals surface area contributed by atoms with E-state index >= 15 is 0 Å². The number of aromatic nitrogens is 3. The molecule has 0 spiro atoms. The Labute approximate surface area is 116 Å². The number of aromatic carboxylic acids is 1. The van der Waals surface area contributed by atoms with Gasteiger partial charge in [0.1, 0.15) is 11.3 Å². The number of hydrogen-bond donors (Lipinski definition) is 1. The first-order valence-corrected chi connectivity index (χ1v) is 6.31. The monoisotopic (exact) mass is 279 g/mol. The van der Waals surface area contributed by atoms with Crippen molar-refractivity contribution in [3.63, 3.8) is 0 Å². The van der Waals surface area contributed by atoms with Crippen LogP contribution in [0, 0.1) is 6.92 Å². The fraction of sp³-hybridized carbons (Fsp3) is 0.462. The Hall–Kier alpha value is -2.15. The molecule has 0 fully saturated rings. The van der Waals surface area contributed by atoms with E-state index in [1.807, 2.05) is 6.92 Å². The molecule has 0 atom stereocenters. The minimum atomic E-state index is -1.05. The number of methoxy groups -OCH3 is 1. The predicted octanol–water partition coefficient (Wildman–Crippen LogP) is 1.48. The predicted molar refractivity (Wildman–Crippen MR) is 72.3 cm³/mol. The van der Waals surface area contributed by atoms with E-state index in [0.29, 0.717) is 42.2 Å². The molecule has 7 heteroatoms. The highest BCUT2D eigenvalue weighted by Gasteiger charge is 2.22. The van der Waals surface area contributed by atoms with Crippen LogP contribution in [-0.2, 0) is 11.3 Å². The zero-order valence-electron chi connectivity index (χ0n) is 11.7. The summed E-state index contributed by atoms with van der Waals surface area (Å²) in [6.07, 6.45) is 1.58. The summed E-state index contributed by atoms with van der Waals surface area (Å²) in [5, 5.41) is 14.1. The first-order valence-electron chi connectivity index (χ1n) is 6.31. The average Bonchev–Trinajstić information content (AvgIpc) is 2.79. The second kappa shape index (κ2) is 5.87. The van der Waals surface area contributed by atoms with Gasteiger partial charge in [-0.25, -0.2) is 14.5 Å². The average molecular weight is 279 g/mol. The lowest BCUT2D eigenvalue weighted by atomic mass is 10.1. The quantitative estimate of drug-likeness (QED) is 0.862. The van der Waals surface area contributed by atoms with Crippen LogP contribution in [0.5, 0.6) is 5.75 Å². The number of carboxylic acids is 1. The molecule has 2 aromatic rings. The summed E-state index contributed by atoms with van der Waals surface area (Å²) in [5.74, 6) is -0.726. The molecule has 0 saturated carbocycles. The van der Waals surface area contributed by atoms with Crippen molar-refractivity contribution in [2.24, 2.45) is 0 Å². The van der Waals surface area contributed by atoms with Crippen LogP contribution in [0.3, 0.4) is 0 Å². The molecule has 7 nitrogen and oxygen atoms in total. The van der Waals surface area contributed by atoms with Gasteiger partial charge >= 0.3 is 5.97 Å². The van der Waals surface area contributed by atoms with E-state index in [9.17, 15) is 9.90 Å². The van der Waals surface area contributed by atoms with Crippen LogP contribution in [0.2, 0.25) is 0 Å². The molecule has 0 aromatic carbocycles. The van der Waals surface area contributed by atoms with Crippen LogP contribution < -0.4 is 4.74 Å². The van der Waals surface area contributed by atoms with E-state index in [1.54, 1.807) is 24.9 Å². The third kappa shape index (κ3) is 2.44. The molecular formula is C13H17N3O4. The molecule has 2 aromatic heterocycles. The maximum atomic E-state index is 11.4. The van der Waals surface area contributed by atoms with Crippen molar-refractivity contribution in [3.05, 3.63) is 17.5 Å².